The summed E-state index contributed by atoms with van der Waals surface area (Å²) in [4.78, 5) is 4.33. The van der Waals surface area contributed by atoms with E-state index in [0.717, 1.165) is 23.1 Å². The van der Waals surface area contributed by atoms with Crippen LogP contribution >= 0.6 is 0 Å². The monoisotopic (exact) mass is 342 g/mol. The highest BCUT2D eigenvalue weighted by Gasteiger charge is 2.29. The van der Waals surface area contributed by atoms with Gasteiger partial charge in [0.05, 0.1) is 12.1 Å². The number of nitrogens with zero attached hydrogens (tertiary/aromatic N) is 2. The molecule has 1 aromatic heterocycles. The number of rotatable bonds is 4. The predicted molar refractivity (Wildman–Crippen MR) is 95.9 cm³/mol. The van der Waals surface area contributed by atoms with Gasteiger partial charge in [-0.25, -0.2) is 0 Å². The number of hydrogen-bond donors (Lipinski definition) is 0. The van der Waals surface area contributed by atoms with Crippen molar-refractivity contribution >= 4 is 23.2 Å². The van der Waals surface area contributed by atoms with Gasteiger partial charge in [-0.3, -0.25) is 4.99 Å². The second-order valence-electron chi connectivity index (χ2n) is 5.76. The van der Waals surface area contributed by atoms with Gasteiger partial charge in [-0.1, -0.05) is 30.4 Å². The fourth-order valence-electron chi connectivity index (χ4n) is 2.57. The van der Waals surface area contributed by atoms with Crippen molar-refractivity contribution in [2.75, 3.05) is 6.54 Å². The molecule has 0 amide bonds. The summed E-state index contributed by atoms with van der Waals surface area (Å²) in [5, 5.41) is 1.16. The molecule has 0 aliphatic heterocycles. The third kappa shape index (κ3) is 4.18. The lowest BCUT2D eigenvalue weighted by Crippen LogP contribution is -2.03. The fourth-order valence-corrected chi connectivity index (χ4v) is 2.57. The zero-order valence-electron chi connectivity index (χ0n) is 13.7. The Bertz CT molecular complexity index is 916. The van der Waals surface area contributed by atoms with Crippen LogP contribution < -0.4 is 0 Å². The van der Waals surface area contributed by atoms with E-state index in [9.17, 15) is 13.2 Å². The molecule has 0 N–H and O–H groups in total. The topological polar surface area (TPSA) is 17.3 Å². The number of aromatic nitrogens is 1. The molecular formula is C20H17F3N2. The summed E-state index contributed by atoms with van der Waals surface area (Å²) in [7, 11) is 2.00. The SMILES string of the molecule is Cn1ccc2cc(C=NC/C=C/c3ccc(C(F)(F)F)cc3)ccc21. The molecule has 0 fully saturated rings. The first kappa shape index (κ1) is 17.0. The Morgan fingerprint density at radius 2 is 1.72 bits per heavy atom. The lowest BCUT2D eigenvalue weighted by atomic mass is 10.1. The molecule has 2 aromatic carbocycles. The van der Waals surface area contributed by atoms with Crippen LogP contribution in [0.3, 0.4) is 0 Å². The highest BCUT2D eigenvalue weighted by molar-refractivity contribution is 5.89. The number of hydrogen-bond acceptors (Lipinski definition) is 1. The standard InChI is InChI=1S/C20H17F3N2/c1-25-12-10-17-13-16(6-9-19(17)25)14-24-11-2-3-15-4-7-18(8-5-15)20(21,22)23/h2-10,12-14H,11H2,1H3/b3-2+,24-14?. The third-order valence-corrected chi connectivity index (χ3v) is 3.91. The van der Waals surface area contributed by atoms with Crippen molar-refractivity contribution < 1.29 is 13.2 Å². The molecule has 0 saturated carbocycles. The van der Waals surface area contributed by atoms with E-state index in [-0.39, 0.29) is 0 Å². The van der Waals surface area contributed by atoms with E-state index in [4.69, 9.17) is 0 Å². The molecule has 2 nitrogen and oxygen atoms in total. The molecule has 0 radical (unpaired) electrons. The number of fused-ring (bicyclic) bond motifs is 1. The first-order valence-corrected chi connectivity index (χ1v) is 7.82. The lowest BCUT2D eigenvalue weighted by molar-refractivity contribution is -0.137. The normalized spacial score (nSPS) is 12.6. The lowest BCUT2D eigenvalue weighted by Gasteiger charge is -2.05. The second-order valence-corrected chi connectivity index (χ2v) is 5.76. The number of aryl methyl sites for hydroxylation is 1. The minimum atomic E-state index is -4.30. The Hall–Kier alpha value is -2.82. The zero-order valence-corrected chi connectivity index (χ0v) is 13.7. The van der Waals surface area contributed by atoms with Gasteiger partial charge < -0.3 is 4.57 Å². The largest absolute Gasteiger partial charge is 0.416 e. The summed E-state index contributed by atoms with van der Waals surface area (Å²) in [6.07, 6.45) is 3.09. The molecule has 0 saturated heterocycles. The maximum Gasteiger partial charge on any atom is 0.416 e. The van der Waals surface area contributed by atoms with Gasteiger partial charge >= 0.3 is 6.18 Å². The summed E-state index contributed by atoms with van der Waals surface area (Å²) in [6.45, 7) is 0.466. The van der Waals surface area contributed by atoms with Crippen LogP contribution in [-0.2, 0) is 13.2 Å². The van der Waals surface area contributed by atoms with Crippen molar-refractivity contribution in [2.24, 2.45) is 12.0 Å². The Morgan fingerprint density at radius 1 is 1.00 bits per heavy atom. The maximum atomic E-state index is 12.5. The molecule has 0 atom stereocenters. The highest BCUT2D eigenvalue weighted by atomic mass is 19.4. The average molecular weight is 342 g/mol. The Morgan fingerprint density at radius 3 is 2.44 bits per heavy atom. The summed E-state index contributed by atoms with van der Waals surface area (Å²) >= 11 is 0. The first-order chi connectivity index (χ1) is 11.9. The highest BCUT2D eigenvalue weighted by Crippen LogP contribution is 2.29. The number of alkyl halides is 3. The molecule has 3 rings (SSSR count). The van der Waals surface area contributed by atoms with Gasteiger partial charge in [0.25, 0.3) is 0 Å². The van der Waals surface area contributed by atoms with Gasteiger partial charge in [-0.2, -0.15) is 13.2 Å². The molecule has 0 aliphatic carbocycles. The van der Waals surface area contributed by atoms with E-state index < -0.39 is 11.7 Å². The molecule has 0 spiro atoms. The smallest absolute Gasteiger partial charge is 0.351 e. The Balaban J connectivity index is 1.59. The number of benzene rings is 2. The molecular weight excluding hydrogens is 325 g/mol. The fraction of sp³-hybridized carbons (Fsp3) is 0.150. The van der Waals surface area contributed by atoms with Gasteiger partial charge in [0.2, 0.25) is 0 Å². The number of aliphatic imine (C=N–C) groups is 1. The Kier molecular flexibility index (Phi) is 4.74. The molecule has 5 heteroatoms. The Labute approximate surface area is 143 Å². The second kappa shape index (κ2) is 6.97. The molecule has 3 aromatic rings. The van der Waals surface area contributed by atoms with E-state index in [1.54, 1.807) is 12.3 Å². The summed E-state index contributed by atoms with van der Waals surface area (Å²) in [5.74, 6) is 0. The summed E-state index contributed by atoms with van der Waals surface area (Å²) in [5.41, 5.74) is 2.26. The van der Waals surface area contributed by atoms with Crippen LogP contribution in [0.2, 0.25) is 0 Å². The number of halogens is 3. The van der Waals surface area contributed by atoms with E-state index in [1.165, 1.54) is 17.6 Å². The van der Waals surface area contributed by atoms with Gasteiger partial charge in [0.1, 0.15) is 0 Å². The van der Waals surface area contributed by atoms with Crippen molar-refractivity contribution in [3.8, 4) is 0 Å². The maximum absolute atomic E-state index is 12.5. The van der Waals surface area contributed by atoms with Crippen LogP contribution in [0.25, 0.3) is 17.0 Å². The van der Waals surface area contributed by atoms with Gasteiger partial charge in [-0.15, -0.1) is 0 Å². The molecule has 0 unspecified atom stereocenters. The third-order valence-electron chi connectivity index (χ3n) is 3.91. The van der Waals surface area contributed by atoms with Crippen molar-refractivity contribution in [3.63, 3.8) is 0 Å². The quantitative estimate of drug-likeness (QED) is 0.570. The van der Waals surface area contributed by atoms with Crippen molar-refractivity contribution in [2.45, 2.75) is 6.18 Å². The van der Waals surface area contributed by atoms with Gasteiger partial charge in [-0.05, 0) is 41.5 Å². The minimum Gasteiger partial charge on any atom is -0.351 e. The molecule has 128 valence electrons. The van der Waals surface area contributed by atoms with Crippen molar-refractivity contribution in [3.05, 3.63) is 77.5 Å². The van der Waals surface area contributed by atoms with Crippen molar-refractivity contribution in [1.29, 1.82) is 0 Å². The molecule has 0 aliphatic rings. The van der Waals surface area contributed by atoms with E-state index in [2.05, 4.69) is 27.8 Å². The van der Waals surface area contributed by atoms with Crippen LogP contribution in [0.4, 0.5) is 13.2 Å². The van der Waals surface area contributed by atoms with Crippen LogP contribution in [0.5, 0.6) is 0 Å². The summed E-state index contributed by atoms with van der Waals surface area (Å²) < 4.78 is 39.5. The van der Waals surface area contributed by atoms with Crippen LogP contribution in [0.1, 0.15) is 16.7 Å². The van der Waals surface area contributed by atoms with Crippen LogP contribution in [0.15, 0.2) is 65.8 Å². The van der Waals surface area contributed by atoms with Crippen molar-refractivity contribution in [1.82, 2.24) is 4.57 Å². The minimum absolute atomic E-state index is 0.466. The molecule has 25 heavy (non-hydrogen) atoms. The van der Waals surface area contributed by atoms with Crippen LogP contribution in [0, 0.1) is 0 Å². The van der Waals surface area contributed by atoms with E-state index in [1.807, 2.05) is 25.4 Å². The van der Waals surface area contributed by atoms with E-state index in [0.29, 0.717) is 12.1 Å². The van der Waals surface area contributed by atoms with Crippen LogP contribution in [-0.4, -0.2) is 17.3 Å². The van der Waals surface area contributed by atoms with Gasteiger partial charge in [0.15, 0.2) is 0 Å². The van der Waals surface area contributed by atoms with E-state index >= 15 is 0 Å². The first-order valence-electron chi connectivity index (χ1n) is 7.82. The predicted octanol–water partition coefficient (Wildman–Crippen LogP) is 5.33. The average Bonchev–Trinajstić information content (AvgIpc) is 2.95. The summed E-state index contributed by atoms with van der Waals surface area (Å²) in [6, 6.07) is 13.2. The molecule has 0 bridgehead atoms. The zero-order chi connectivity index (χ0) is 17.9. The molecule has 1 heterocycles. The van der Waals surface area contributed by atoms with Gasteiger partial charge in [0, 0.05) is 30.4 Å².